The maximum Gasteiger partial charge on any atom is 0.361 e. The van der Waals surface area contributed by atoms with Crippen LogP contribution in [-0.4, -0.2) is 19.0 Å². The van der Waals surface area contributed by atoms with E-state index in [9.17, 15) is 10.1 Å². The maximum atomic E-state index is 12.8. The molecule has 2 heterocycles. The average Bonchev–Trinajstić information content (AvgIpc) is 3.11. The highest BCUT2D eigenvalue weighted by Gasteiger charge is 2.27. The Hall–Kier alpha value is -2.91. The molecule has 0 spiro atoms. The third-order valence-electron chi connectivity index (χ3n) is 4.88. The summed E-state index contributed by atoms with van der Waals surface area (Å²) in [6.07, 6.45) is 0. The fourth-order valence-corrected chi connectivity index (χ4v) is 4.55. The quantitative estimate of drug-likeness (QED) is 0.614. The van der Waals surface area contributed by atoms with Gasteiger partial charge in [-0.2, -0.15) is 5.26 Å². The molecule has 0 atom stereocenters. The molecule has 1 aromatic heterocycles. The summed E-state index contributed by atoms with van der Waals surface area (Å²) in [6.45, 7) is 5.88. The SMILES string of the molecule is CCN(CC)c1ccc2c(C#N)c(N3CSc4ccccc43)c(=O)oc2c1. The fraction of sp³-hybridized carbons (Fsp3) is 0.238. The van der Waals surface area contributed by atoms with Gasteiger partial charge in [-0.05, 0) is 38.1 Å². The summed E-state index contributed by atoms with van der Waals surface area (Å²) in [4.78, 5) is 18.0. The molecule has 0 saturated carbocycles. The molecule has 0 unspecified atom stereocenters. The maximum absolute atomic E-state index is 12.8. The number of hydrogen-bond donors (Lipinski definition) is 0. The summed E-state index contributed by atoms with van der Waals surface area (Å²) in [5.74, 6) is 0.585. The highest BCUT2D eigenvalue weighted by Crippen LogP contribution is 2.43. The molecule has 0 bridgehead atoms. The molecule has 6 heteroatoms. The van der Waals surface area contributed by atoms with Gasteiger partial charge in [0, 0.05) is 35.1 Å². The Balaban J connectivity index is 1.91. The van der Waals surface area contributed by atoms with Crippen LogP contribution in [0.2, 0.25) is 0 Å². The van der Waals surface area contributed by atoms with Crippen LogP contribution in [0.3, 0.4) is 0 Å². The van der Waals surface area contributed by atoms with Crippen LogP contribution in [0.4, 0.5) is 17.1 Å². The zero-order valence-electron chi connectivity index (χ0n) is 15.2. The molecule has 0 amide bonds. The molecule has 3 aromatic rings. The average molecular weight is 377 g/mol. The Morgan fingerprint density at radius 1 is 1.22 bits per heavy atom. The van der Waals surface area contributed by atoms with E-state index in [0.717, 1.165) is 29.4 Å². The van der Waals surface area contributed by atoms with E-state index in [1.54, 1.807) is 11.8 Å². The predicted molar refractivity (Wildman–Crippen MR) is 110 cm³/mol. The van der Waals surface area contributed by atoms with E-state index in [1.807, 2.05) is 47.4 Å². The van der Waals surface area contributed by atoms with Crippen LogP contribution in [-0.2, 0) is 0 Å². The van der Waals surface area contributed by atoms with Crippen molar-refractivity contribution in [3.8, 4) is 6.07 Å². The Labute approximate surface area is 161 Å². The number of nitriles is 1. The standard InChI is InChI=1S/C21H19N3O2S/c1-3-23(4-2)14-9-10-15-16(12-22)20(21(25)26-18(15)11-14)24-13-27-19-8-6-5-7-17(19)24/h5-11H,3-4,13H2,1-2H3. The lowest BCUT2D eigenvalue weighted by Crippen LogP contribution is -2.22. The second-order valence-corrected chi connectivity index (χ2v) is 7.23. The largest absolute Gasteiger partial charge is 0.421 e. The summed E-state index contributed by atoms with van der Waals surface area (Å²) in [7, 11) is 0. The van der Waals surface area contributed by atoms with E-state index >= 15 is 0 Å². The van der Waals surface area contributed by atoms with Crippen LogP contribution in [0.5, 0.6) is 0 Å². The zero-order chi connectivity index (χ0) is 19.0. The van der Waals surface area contributed by atoms with Gasteiger partial charge < -0.3 is 14.2 Å². The summed E-state index contributed by atoms with van der Waals surface area (Å²) >= 11 is 1.65. The van der Waals surface area contributed by atoms with Crippen molar-refractivity contribution < 1.29 is 4.42 Å². The monoisotopic (exact) mass is 377 g/mol. The molecule has 0 saturated heterocycles. The van der Waals surface area contributed by atoms with Crippen molar-refractivity contribution in [2.75, 3.05) is 28.8 Å². The molecule has 0 fully saturated rings. The molecular formula is C21H19N3O2S. The van der Waals surface area contributed by atoms with Crippen LogP contribution in [0, 0.1) is 11.3 Å². The molecule has 0 N–H and O–H groups in total. The second-order valence-electron chi connectivity index (χ2n) is 6.25. The van der Waals surface area contributed by atoms with Crippen molar-refractivity contribution in [1.82, 2.24) is 0 Å². The lowest BCUT2D eigenvalue weighted by molar-refractivity contribution is 0.560. The molecule has 0 radical (unpaired) electrons. The lowest BCUT2D eigenvalue weighted by Gasteiger charge is -2.22. The minimum atomic E-state index is -0.479. The van der Waals surface area contributed by atoms with E-state index in [0.29, 0.717) is 28.1 Å². The predicted octanol–water partition coefficient (Wildman–Crippen LogP) is 4.71. The summed E-state index contributed by atoms with van der Waals surface area (Å²) in [5, 5.41) is 10.5. The van der Waals surface area contributed by atoms with Gasteiger partial charge in [-0.1, -0.05) is 12.1 Å². The number of benzene rings is 2. The first-order valence-electron chi connectivity index (χ1n) is 8.93. The number of hydrogen-bond acceptors (Lipinski definition) is 6. The van der Waals surface area contributed by atoms with Crippen LogP contribution in [0.15, 0.2) is 56.6 Å². The van der Waals surface area contributed by atoms with Crippen LogP contribution < -0.4 is 15.4 Å². The highest BCUT2D eigenvalue weighted by atomic mass is 32.2. The molecule has 136 valence electrons. The van der Waals surface area contributed by atoms with E-state index in [2.05, 4.69) is 24.8 Å². The second kappa shape index (κ2) is 7.01. The van der Waals surface area contributed by atoms with E-state index < -0.39 is 5.63 Å². The molecule has 2 aromatic carbocycles. The number of thioether (sulfide) groups is 1. The van der Waals surface area contributed by atoms with Crippen LogP contribution in [0.25, 0.3) is 11.0 Å². The Bertz CT molecular complexity index is 1110. The first-order chi connectivity index (χ1) is 13.2. The Morgan fingerprint density at radius 2 is 2.00 bits per heavy atom. The summed E-state index contributed by atoms with van der Waals surface area (Å²) < 4.78 is 5.66. The molecule has 5 nitrogen and oxygen atoms in total. The van der Waals surface area contributed by atoms with Gasteiger partial charge in [0.1, 0.15) is 17.3 Å². The molecule has 0 aliphatic carbocycles. The number of rotatable bonds is 4. The highest BCUT2D eigenvalue weighted by molar-refractivity contribution is 7.99. The normalized spacial score (nSPS) is 12.9. The van der Waals surface area contributed by atoms with Gasteiger partial charge in [0.2, 0.25) is 0 Å². The van der Waals surface area contributed by atoms with E-state index in [4.69, 9.17) is 4.42 Å². The minimum absolute atomic E-state index is 0.318. The number of para-hydroxylation sites is 1. The number of anilines is 3. The Kier molecular flexibility index (Phi) is 4.54. The van der Waals surface area contributed by atoms with Crippen LogP contribution >= 0.6 is 11.8 Å². The van der Waals surface area contributed by atoms with Gasteiger partial charge >= 0.3 is 5.63 Å². The minimum Gasteiger partial charge on any atom is -0.421 e. The van der Waals surface area contributed by atoms with Crippen molar-refractivity contribution >= 4 is 39.8 Å². The van der Waals surface area contributed by atoms with Gasteiger partial charge in [-0.25, -0.2) is 4.79 Å². The van der Waals surface area contributed by atoms with Crippen molar-refractivity contribution in [3.05, 3.63) is 58.4 Å². The first kappa shape index (κ1) is 17.5. The van der Waals surface area contributed by atoms with E-state index in [1.165, 1.54) is 0 Å². The molecule has 27 heavy (non-hydrogen) atoms. The first-order valence-corrected chi connectivity index (χ1v) is 9.91. The molecule has 4 rings (SSSR count). The van der Waals surface area contributed by atoms with Gasteiger partial charge in [-0.3, -0.25) is 0 Å². The molecule has 1 aliphatic heterocycles. The van der Waals surface area contributed by atoms with Gasteiger partial charge in [0.15, 0.2) is 0 Å². The van der Waals surface area contributed by atoms with Crippen molar-refractivity contribution in [1.29, 1.82) is 5.26 Å². The molecular weight excluding hydrogens is 358 g/mol. The number of nitrogens with zero attached hydrogens (tertiary/aromatic N) is 3. The van der Waals surface area contributed by atoms with Crippen LogP contribution in [0.1, 0.15) is 19.4 Å². The van der Waals surface area contributed by atoms with Gasteiger partial charge in [0.25, 0.3) is 0 Å². The zero-order valence-corrected chi connectivity index (χ0v) is 16.0. The Morgan fingerprint density at radius 3 is 2.74 bits per heavy atom. The topological polar surface area (TPSA) is 60.5 Å². The number of fused-ring (bicyclic) bond motifs is 2. The summed E-state index contributed by atoms with van der Waals surface area (Å²) in [5.41, 5.74) is 2.57. The third-order valence-corrected chi connectivity index (χ3v) is 5.93. The van der Waals surface area contributed by atoms with Crippen molar-refractivity contribution in [3.63, 3.8) is 0 Å². The smallest absolute Gasteiger partial charge is 0.361 e. The summed E-state index contributed by atoms with van der Waals surface area (Å²) in [6, 6.07) is 15.8. The lowest BCUT2D eigenvalue weighted by atomic mass is 10.1. The van der Waals surface area contributed by atoms with Crippen molar-refractivity contribution in [2.24, 2.45) is 0 Å². The van der Waals surface area contributed by atoms with Gasteiger partial charge in [0.05, 0.1) is 17.1 Å². The fourth-order valence-electron chi connectivity index (χ4n) is 3.51. The van der Waals surface area contributed by atoms with Gasteiger partial charge in [-0.15, -0.1) is 11.8 Å². The third kappa shape index (κ3) is 2.84. The molecule has 1 aliphatic rings. The van der Waals surface area contributed by atoms with Crippen molar-refractivity contribution in [2.45, 2.75) is 18.7 Å². The van der Waals surface area contributed by atoms with E-state index in [-0.39, 0.29) is 0 Å².